The molecule has 0 spiro atoms. The van der Waals surface area contributed by atoms with Crippen LogP contribution in [0.3, 0.4) is 0 Å². The minimum atomic E-state index is -0.203. The quantitative estimate of drug-likeness (QED) is 0.603. The molecule has 0 saturated carbocycles. The number of aryl methyl sites for hydroxylation is 1. The van der Waals surface area contributed by atoms with E-state index in [1.165, 1.54) is 16.9 Å². The lowest BCUT2D eigenvalue weighted by Gasteiger charge is -2.11. The van der Waals surface area contributed by atoms with E-state index < -0.39 is 0 Å². The molecule has 0 atom stereocenters. The van der Waals surface area contributed by atoms with E-state index in [2.05, 4.69) is 23.1 Å². The molecular formula is C14H15N3OS2. The Morgan fingerprint density at radius 1 is 1.20 bits per heavy atom. The molecule has 0 aliphatic heterocycles. The van der Waals surface area contributed by atoms with Crippen molar-refractivity contribution in [3.63, 3.8) is 0 Å². The van der Waals surface area contributed by atoms with Crippen molar-refractivity contribution < 1.29 is 4.79 Å². The predicted molar refractivity (Wildman–Crippen MR) is 87.0 cm³/mol. The summed E-state index contributed by atoms with van der Waals surface area (Å²) in [5.74, 6) is -0.203. The van der Waals surface area contributed by atoms with Crippen LogP contribution in [0.5, 0.6) is 0 Å². The average molecular weight is 305 g/mol. The second-order valence-electron chi connectivity index (χ2n) is 4.06. The first kappa shape index (κ1) is 14.5. The maximum atomic E-state index is 11.7. The first-order chi connectivity index (χ1) is 9.69. The van der Waals surface area contributed by atoms with Gasteiger partial charge in [-0.1, -0.05) is 25.1 Å². The Morgan fingerprint density at radius 3 is 2.55 bits per heavy atom. The van der Waals surface area contributed by atoms with Gasteiger partial charge in [-0.3, -0.25) is 15.6 Å². The summed E-state index contributed by atoms with van der Waals surface area (Å²) in [4.78, 5) is 12.3. The van der Waals surface area contributed by atoms with E-state index in [0.717, 1.165) is 12.1 Å². The monoisotopic (exact) mass is 305 g/mol. The molecule has 0 unspecified atom stereocenters. The van der Waals surface area contributed by atoms with Crippen LogP contribution in [0.25, 0.3) is 0 Å². The van der Waals surface area contributed by atoms with Gasteiger partial charge < -0.3 is 5.32 Å². The fourth-order valence-corrected chi connectivity index (χ4v) is 2.36. The fraction of sp³-hybridized carbons (Fsp3) is 0.143. The van der Waals surface area contributed by atoms with Crippen LogP contribution >= 0.6 is 23.6 Å². The molecule has 2 aromatic rings. The van der Waals surface area contributed by atoms with Crippen LogP contribution in [0.4, 0.5) is 5.69 Å². The summed E-state index contributed by atoms with van der Waals surface area (Å²) in [6.07, 6.45) is 1.000. The third kappa shape index (κ3) is 4.04. The Kier molecular flexibility index (Phi) is 5.09. The number of rotatable bonds is 3. The summed E-state index contributed by atoms with van der Waals surface area (Å²) in [5, 5.41) is 5.20. The molecule has 2 rings (SSSR count). The smallest absolute Gasteiger partial charge is 0.279 e. The van der Waals surface area contributed by atoms with Gasteiger partial charge in [0.25, 0.3) is 5.91 Å². The molecule has 104 valence electrons. The first-order valence-corrected chi connectivity index (χ1v) is 7.47. The summed E-state index contributed by atoms with van der Waals surface area (Å²) in [6, 6.07) is 11.6. The molecule has 0 saturated heterocycles. The minimum absolute atomic E-state index is 0.203. The standard InChI is InChI=1S/C14H15N3OS2/c1-2-10-5-7-11(8-6-10)15-14(19)17-16-13(18)12-4-3-9-20-12/h3-9H,2H2,1H3,(H,16,18)(H2,15,17,19). The summed E-state index contributed by atoms with van der Waals surface area (Å²) in [7, 11) is 0. The molecule has 0 radical (unpaired) electrons. The van der Waals surface area contributed by atoms with Crippen molar-refractivity contribution in [1.82, 2.24) is 10.9 Å². The van der Waals surface area contributed by atoms with Gasteiger partial charge in [-0.2, -0.15) is 0 Å². The molecule has 1 amide bonds. The second-order valence-corrected chi connectivity index (χ2v) is 5.42. The molecule has 4 nitrogen and oxygen atoms in total. The van der Waals surface area contributed by atoms with E-state index in [-0.39, 0.29) is 5.91 Å². The van der Waals surface area contributed by atoms with Crippen molar-refractivity contribution in [2.24, 2.45) is 0 Å². The summed E-state index contributed by atoms with van der Waals surface area (Å²) in [6.45, 7) is 2.11. The maximum Gasteiger partial charge on any atom is 0.279 e. The molecule has 1 aromatic carbocycles. The Bertz CT molecular complexity index is 579. The number of carbonyl (C=O) groups excluding carboxylic acids is 1. The molecular weight excluding hydrogens is 290 g/mol. The number of thiophene rings is 1. The van der Waals surface area contributed by atoms with Crippen LogP contribution in [0, 0.1) is 0 Å². The molecule has 0 bridgehead atoms. The number of anilines is 1. The van der Waals surface area contributed by atoms with Gasteiger partial charge >= 0.3 is 0 Å². The SMILES string of the molecule is CCc1ccc(NC(=S)NNC(=O)c2cccs2)cc1. The van der Waals surface area contributed by atoms with Gasteiger partial charge in [0.2, 0.25) is 0 Å². The van der Waals surface area contributed by atoms with Crippen molar-refractivity contribution in [2.75, 3.05) is 5.32 Å². The van der Waals surface area contributed by atoms with Gasteiger partial charge in [0.15, 0.2) is 5.11 Å². The van der Waals surface area contributed by atoms with Crippen molar-refractivity contribution in [1.29, 1.82) is 0 Å². The third-order valence-corrected chi connectivity index (χ3v) is 3.73. The fourth-order valence-electron chi connectivity index (χ4n) is 1.57. The number of amides is 1. The predicted octanol–water partition coefficient (Wildman–Crippen LogP) is 2.94. The van der Waals surface area contributed by atoms with E-state index in [4.69, 9.17) is 12.2 Å². The lowest BCUT2D eigenvalue weighted by Crippen LogP contribution is -2.43. The van der Waals surface area contributed by atoms with Crippen molar-refractivity contribution >= 4 is 40.3 Å². The summed E-state index contributed by atoms with van der Waals surface area (Å²) < 4.78 is 0. The minimum Gasteiger partial charge on any atom is -0.331 e. The highest BCUT2D eigenvalue weighted by atomic mass is 32.1. The van der Waals surface area contributed by atoms with Crippen LogP contribution < -0.4 is 16.2 Å². The number of thiocarbonyl (C=S) groups is 1. The largest absolute Gasteiger partial charge is 0.331 e. The van der Waals surface area contributed by atoms with Crippen molar-refractivity contribution in [2.45, 2.75) is 13.3 Å². The number of hydrogen-bond acceptors (Lipinski definition) is 3. The Morgan fingerprint density at radius 2 is 1.95 bits per heavy atom. The van der Waals surface area contributed by atoms with Crippen LogP contribution in [0.15, 0.2) is 41.8 Å². The molecule has 1 aromatic heterocycles. The Labute approximate surface area is 127 Å². The van der Waals surface area contributed by atoms with Crippen molar-refractivity contribution in [3.05, 3.63) is 52.2 Å². The van der Waals surface area contributed by atoms with Gasteiger partial charge in [-0.15, -0.1) is 11.3 Å². The molecule has 1 heterocycles. The number of hydrazine groups is 1. The maximum absolute atomic E-state index is 11.7. The zero-order chi connectivity index (χ0) is 14.4. The van der Waals surface area contributed by atoms with E-state index in [9.17, 15) is 4.79 Å². The molecule has 0 aliphatic carbocycles. The lowest BCUT2D eigenvalue weighted by molar-refractivity contribution is 0.0948. The molecule has 20 heavy (non-hydrogen) atoms. The molecule has 3 N–H and O–H groups in total. The zero-order valence-electron chi connectivity index (χ0n) is 11.0. The van der Waals surface area contributed by atoms with Gasteiger partial charge in [0.1, 0.15) is 0 Å². The number of hydrogen-bond donors (Lipinski definition) is 3. The highest BCUT2D eigenvalue weighted by molar-refractivity contribution is 7.80. The van der Waals surface area contributed by atoms with Crippen LogP contribution in [-0.2, 0) is 6.42 Å². The van der Waals surface area contributed by atoms with Gasteiger partial charge in [0.05, 0.1) is 4.88 Å². The van der Waals surface area contributed by atoms with Gasteiger partial charge in [-0.25, -0.2) is 0 Å². The molecule has 6 heteroatoms. The van der Waals surface area contributed by atoms with Crippen LogP contribution in [0.2, 0.25) is 0 Å². The Balaban J connectivity index is 1.81. The second kappa shape index (κ2) is 7.02. The summed E-state index contributed by atoms with van der Waals surface area (Å²) >= 11 is 6.49. The Hall–Kier alpha value is -1.92. The number of nitrogens with one attached hydrogen (secondary N) is 3. The zero-order valence-corrected chi connectivity index (χ0v) is 12.6. The highest BCUT2D eigenvalue weighted by Gasteiger charge is 2.06. The number of carbonyl (C=O) groups is 1. The van der Waals surface area contributed by atoms with Crippen LogP contribution in [-0.4, -0.2) is 11.0 Å². The van der Waals surface area contributed by atoms with E-state index in [1.54, 1.807) is 6.07 Å². The van der Waals surface area contributed by atoms with E-state index >= 15 is 0 Å². The summed E-state index contributed by atoms with van der Waals surface area (Å²) in [5.41, 5.74) is 7.36. The van der Waals surface area contributed by atoms with E-state index in [0.29, 0.717) is 9.99 Å². The normalized spacial score (nSPS) is 9.85. The third-order valence-electron chi connectivity index (χ3n) is 2.65. The average Bonchev–Trinajstić information content (AvgIpc) is 3.00. The molecule has 0 aliphatic rings. The van der Waals surface area contributed by atoms with Gasteiger partial charge in [0, 0.05) is 5.69 Å². The van der Waals surface area contributed by atoms with Crippen LogP contribution in [0.1, 0.15) is 22.2 Å². The van der Waals surface area contributed by atoms with Gasteiger partial charge in [-0.05, 0) is 47.8 Å². The topological polar surface area (TPSA) is 53.2 Å². The van der Waals surface area contributed by atoms with Crippen molar-refractivity contribution in [3.8, 4) is 0 Å². The number of benzene rings is 1. The lowest BCUT2D eigenvalue weighted by atomic mass is 10.1. The highest BCUT2D eigenvalue weighted by Crippen LogP contribution is 2.10. The van der Waals surface area contributed by atoms with E-state index in [1.807, 2.05) is 35.7 Å². The first-order valence-electron chi connectivity index (χ1n) is 6.19. The molecule has 0 fully saturated rings.